The minimum Gasteiger partial charge on any atom is -0.756 e. The minimum atomic E-state index is -1.26. The zero-order valence-corrected chi connectivity index (χ0v) is 11.3. The molecule has 1 aliphatic heterocycles. The van der Waals surface area contributed by atoms with Gasteiger partial charge < -0.3 is 15.0 Å². The van der Waals surface area contributed by atoms with Crippen LogP contribution in [0.3, 0.4) is 0 Å². The Morgan fingerprint density at radius 3 is 2.68 bits per heavy atom. The molecule has 0 fully saturated rings. The Morgan fingerprint density at radius 2 is 2.11 bits per heavy atom. The van der Waals surface area contributed by atoms with E-state index in [1.807, 2.05) is 0 Å². The summed E-state index contributed by atoms with van der Waals surface area (Å²) in [4.78, 5) is 23.0. The Balaban J connectivity index is 2.20. The van der Waals surface area contributed by atoms with Crippen LogP contribution in [0.1, 0.15) is 30.6 Å². The molecule has 1 atom stereocenters. The standard InChI is InChI=1S/C13H13ClNO4/c1-13(2,7-10(14)16)19-12-11(17)8-5-3-4-6-9(8)15(12)18/h3-6,12H,7H2,1-2H3/q-1. The van der Waals surface area contributed by atoms with Gasteiger partial charge in [0.2, 0.25) is 11.0 Å². The van der Waals surface area contributed by atoms with Gasteiger partial charge in [-0.3, -0.25) is 9.59 Å². The third-order valence-corrected chi connectivity index (χ3v) is 2.97. The summed E-state index contributed by atoms with van der Waals surface area (Å²) in [6.07, 6.45) is -1.34. The molecule has 0 N–H and O–H groups in total. The molecule has 1 aromatic carbocycles. The number of hydroxylamine groups is 1. The molecule has 0 radical (unpaired) electrons. The lowest BCUT2D eigenvalue weighted by atomic mass is 10.1. The van der Waals surface area contributed by atoms with E-state index in [4.69, 9.17) is 16.3 Å². The van der Waals surface area contributed by atoms with E-state index >= 15 is 0 Å². The highest BCUT2D eigenvalue weighted by atomic mass is 35.5. The topological polar surface area (TPSA) is 69.7 Å². The molecule has 102 valence electrons. The number of para-hydroxylation sites is 1. The van der Waals surface area contributed by atoms with Crippen molar-refractivity contribution >= 4 is 28.3 Å². The highest BCUT2D eigenvalue weighted by Crippen LogP contribution is 2.34. The van der Waals surface area contributed by atoms with Crippen LogP contribution in [0.15, 0.2) is 24.3 Å². The molecule has 0 spiro atoms. The van der Waals surface area contributed by atoms with Gasteiger partial charge in [-0.05, 0) is 37.6 Å². The maximum absolute atomic E-state index is 12.1. The van der Waals surface area contributed by atoms with Crippen molar-refractivity contribution in [2.24, 2.45) is 0 Å². The van der Waals surface area contributed by atoms with E-state index in [9.17, 15) is 14.8 Å². The second-order valence-electron chi connectivity index (χ2n) is 4.97. The number of Topliss-reactive ketones (excluding diaryl/α,β-unsaturated/α-hetero) is 1. The lowest BCUT2D eigenvalue weighted by molar-refractivity contribution is -0.119. The van der Waals surface area contributed by atoms with E-state index in [0.29, 0.717) is 10.6 Å². The summed E-state index contributed by atoms with van der Waals surface area (Å²) in [5, 5.41) is 12.0. The molecule has 6 heteroatoms. The Hall–Kier alpha value is -1.43. The third-order valence-electron chi connectivity index (χ3n) is 2.84. The fourth-order valence-electron chi connectivity index (χ4n) is 2.02. The molecule has 0 aromatic heterocycles. The lowest BCUT2D eigenvalue weighted by Crippen LogP contribution is -2.41. The van der Waals surface area contributed by atoms with Crippen molar-refractivity contribution in [3.63, 3.8) is 0 Å². The van der Waals surface area contributed by atoms with Gasteiger partial charge in [0.25, 0.3) is 0 Å². The summed E-state index contributed by atoms with van der Waals surface area (Å²) in [5.74, 6) is -0.402. The van der Waals surface area contributed by atoms with Crippen LogP contribution in [0.2, 0.25) is 0 Å². The number of anilines is 1. The summed E-state index contributed by atoms with van der Waals surface area (Å²) >= 11 is 5.31. The molecular formula is C13H13ClNO4-. The van der Waals surface area contributed by atoms with Crippen molar-refractivity contribution < 1.29 is 14.3 Å². The number of carbonyl (C=O) groups is 2. The lowest BCUT2D eigenvalue weighted by Gasteiger charge is -2.36. The van der Waals surface area contributed by atoms with Crippen LogP contribution < -0.4 is 5.06 Å². The van der Waals surface area contributed by atoms with Crippen molar-refractivity contribution in [2.75, 3.05) is 5.06 Å². The van der Waals surface area contributed by atoms with Gasteiger partial charge in [0.15, 0.2) is 6.23 Å². The quantitative estimate of drug-likeness (QED) is 0.794. The maximum Gasteiger partial charge on any atom is 0.224 e. The van der Waals surface area contributed by atoms with Crippen LogP contribution in [0.4, 0.5) is 5.69 Å². The summed E-state index contributed by atoms with van der Waals surface area (Å²) in [6, 6.07) is 6.49. The first-order valence-electron chi connectivity index (χ1n) is 5.77. The molecule has 0 aliphatic carbocycles. The average Bonchev–Trinajstić information content (AvgIpc) is 2.53. The summed E-state index contributed by atoms with van der Waals surface area (Å²) in [6.45, 7) is 3.22. The smallest absolute Gasteiger partial charge is 0.224 e. The number of halogens is 1. The van der Waals surface area contributed by atoms with Crippen LogP contribution in [-0.4, -0.2) is 22.9 Å². The Bertz CT molecular complexity index is 529. The molecule has 1 aromatic rings. The number of carbonyl (C=O) groups excluding carboxylic acids is 2. The van der Waals surface area contributed by atoms with E-state index in [1.165, 1.54) is 0 Å². The number of fused-ring (bicyclic) bond motifs is 1. The molecule has 0 amide bonds. The largest absolute Gasteiger partial charge is 0.756 e. The van der Waals surface area contributed by atoms with Gasteiger partial charge in [0.1, 0.15) is 0 Å². The third kappa shape index (κ3) is 2.78. The van der Waals surface area contributed by atoms with E-state index < -0.39 is 22.9 Å². The second-order valence-corrected chi connectivity index (χ2v) is 5.39. The molecule has 5 nitrogen and oxygen atoms in total. The fraction of sp³-hybridized carbons (Fsp3) is 0.385. The number of rotatable bonds is 4. The van der Waals surface area contributed by atoms with Gasteiger partial charge in [-0.15, -0.1) is 0 Å². The molecule has 2 rings (SSSR count). The number of nitrogens with zero attached hydrogens (tertiary/aromatic N) is 1. The Kier molecular flexibility index (Phi) is 3.62. The van der Waals surface area contributed by atoms with Crippen LogP contribution in [0.25, 0.3) is 0 Å². The van der Waals surface area contributed by atoms with Gasteiger partial charge in [0.05, 0.1) is 12.0 Å². The molecule has 0 saturated heterocycles. The first kappa shape index (κ1) is 14.0. The second kappa shape index (κ2) is 4.92. The van der Waals surface area contributed by atoms with Crippen molar-refractivity contribution in [3.05, 3.63) is 35.0 Å². The summed E-state index contributed by atoms with van der Waals surface area (Å²) in [5.41, 5.74) is -0.370. The predicted octanol–water partition coefficient (Wildman–Crippen LogP) is 2.46. The van der Waals surface area contributed by atoms with Gasteiger partial charge in [-0.2, -0.15) is 0 Å². The molecule has 19 heavy (non-hydrogen) atoms. The van der Waals surface area contributed by atoms with Gasteiger partial charge >= 0.3 is 0 Å². The van der Waals surface area contributed by atoms with Gasteiger partial charge in [-0.1, -0.05) is 12.1 Å². The highest BCUT2D eigenvalue weighted by molar-refractivity contribution is 6.63. The zero-order valence-electron chi connectivity index (χ0n) is 10.6. The van der Waals surface area contributed by atoms with E-state index in [-0.39, 0.29) is 12.1 Å². The Labute approximate surface area is 115 Å². The van der Waals surface area contributed by atoms with Crippen molar-refractivity contribution in [2.45, 2.75) is 32.1 Å². The monoisotopic (exact) mass is 282 g/mol. The number of benzene rings is 1. The molecule has 1 unspecified atom stereocenters. The molecule has 0 saturated carbocycles. The van der Waals surface area contributed by atoms with Crippen molar-refractivity contribution in [1.29, 1.82) is 0 Å². The molecular weight excluding hydrogens is 270 g/mol. The molecule has 1 aliphatic rings. The first-order valence-corrected chi connectivity index (χ1v) is 6.15. The van der Waals surface area contributed by atoms with E-state index in [2.05, 4.69) is 0 Å². The van der Waals surface area contributed by atoms with E-state index in [0.717, 1.165) is 0 Å². The van der Waals surface area contributed by atoms with Gasteiger partial charge in [0, 0.05) is 11.3 Å². The summed E-state index contributed by atoms with van der Waals surface area (Å²) < 4.78 is 5.48. The van der Waals surface area contributed by atoms with Crippen molar-refractivity contribution in [3.8, 4) is 0 Å². The van der Waals surface area contributed by atoms with Crippen LogP contribution in [-0.2, 0) is 9.53 Å². The average molecular weight is 283 g/mol. The van der Waals surface area contributed by atoms with Crippen LogP contribution >= 0.6 is 11.6 Å². The zero-order chi connectivity index (χ0) is 14.2. The van der Waals surface area contributed by atoms with Crippen LogP contribution in [0.5, 0.6) is 0 Å². The fourth-order valence-corrected chi connectivity index (χ4v) is 2.34. The van der Waals surface area contributed by atoms with E-state index in [1.54, 1.807) is 38.1 Å². The normalized spacial score (nSPS) is 18.6. The molecule has 0 bridgehead atoms. The van der Waals surface area contributed by atoms with Gasteiger partial charge in [-0.25, -0.2) is 0 Å². The predicted molar refractivity (Wildman–Crippen MR) is 71.0 cm³/mol. The minimum absolute atomic E-state index is 0.0808. The summed E-state index contributed by atoms with van der Waals surface area (Å²) in [7, 11) is 0. The molecule has 1 heterocycles. The number of hydrogen-bond donors (Lipinski definition) is 0. The number of hydrogen-bond acceptors (Lipinski definition) is 5. The number of ether oxygens (including phenoxy) is 1. The first-order chi connectivity index (χ1) is 8.82. The van der Waals surface area contributed by atoms with Crippen molar-refractivity contribution in [1.82, 2.24) is 0 Å². The SMILES string of the molecule is CC(C)(CC(=O)Cl)OC1C(=O)c2ccccc2N1[O-]. The highest BCUT2D eigenvalue weighted by Gasteiger charge is 2.37. The van der Waals surface area contributed by atoms with Crippen LogP contribution in [0, 0.1) is 5.21 Å². The maximum atomic E-state index is 12.1. The Morgan fingerprint density at radius 1 is 1.47 bits per heavy atom. The number of ketones is 1.